The van der Waals surface area contributed by atoms with Crippen molar-refractivity contribution in [3.05, 3.63) is 81.9 Å². The summed E-state index contributed by atoms with van der Waals surface area (Å²) in [6, 6.07) is 12.4. The Bertz CT molecular complexity index is 1030. The second kappa shape index (κ2) is 7.33. The van der Waals surface area contributed by atoms with Crippen LogP contribution in [0.15, 0.2) is 70.1 Å². The van der Waals surface area contributed by atoms with Crippen molar-refractivity contribution in [3.63, 3.8) is 0 Å². The van der Waals surface area contributed by atoms with Gasteiger partial charge in [-0.2, -0.15) is 0 Å². The van der Waals surface area contributed by atoms with Gasteiger partial charge in [-0.1, -0.05) is 17.7 Å². The van der Waals surface area contributed by atoms with Gasteiger partial charge in [0.15, 0.2) is 0 Å². The molecule has 7 heteroatoms. The number of anilines is 1. The number of nitrogens with zero attached hydrogens (tertiary/aromatic N) is 2. The maximum Gasteiger partial charge on any atom is 0.360 e. The zero-order chi connectivity index (χ0) is 18.7. The van der Waals surface area contributed by atoms with Gasteiger partial charge < -0.3 is 4.42 Å². The molecule has 0 spiro atoms. The summed E-state index contributed by atoms with van der Waals surface area (Å²) in [5, 5.41) is 0.346. The van der Waals surface area contributed by atoms with E-state index in [1.807, 2.05) is 0 Å². The van der Waals surface area contributed by atoms with Gasteiger partial charge >= 0.3 is 5.63 Å². The lowest BCUT2D eigenvalue weighted by Gasteiger charge is -2.18. The van der Waals surface area contributed by atoms with Crippen molar-refractivity contribution in [2.75, 3.05) is 4.90 Å². The molecule has 0 radical (unpaired) electrons. The van der Waals surface area contributed by atoms with Crippen molar-refractivity contribution < 1.29 is 14.0 Å². The first-order valence-electron chi connectivity index (χ1n) is 7.62. The number of amides is 2. The van der Waals surface area contributed by atoms with Crippen LogP contribution in [0.4, 0.5) is 5.69 Å². The number of carbonyl (C=O) groups excluding carboxylic acids is 2. The van der Waals surface area contributed by atoms with Gasteiger partial charge in [0.25, 0.3) is 5.91 Å². The molecule has 0 bridgehead atoms. The van der Waals surface area contributed by atoms with Crippen molar-refractivity contribution in [3.8, 4) is 11.3 Å². The quantitative estimate of drug-likeness (QED) is 0.706. The number of imide groups is 1. The third kappa shape index (κ3) is 3.55. The van der Waals surface area contributed by atoms with Crippen LogP contribution < -0.4 is 10.5 Å². The average Bonchev–Trinajstić information content (AvgIpc) is 2.63. The molecule has 3 rings (SSSR count). The first-order valence-corrected chi connectivity index (χ1v) is 8.00. The molecule has 0 unspecified atom stereocenters. The van der Waals surface area contributed by atoms with E-state index in [0.29, 0.717) is 10.6 Å². The first kappa shape index (κ1) is 17.6. The van der Waals surface area contributed by atoms with E-state index in [-0.39, 0.29) is 17.0 Å². The third-order valence-electron chi connectivity index (χ3n) is 3.58. The Labute approximate surface area is 153 Å². The van der Waals surface area contributed by atoms with Crippen LogP contribution in [0, 0.1) is 0 Å². The number of rotatable bonds is 3. The summed E-state index contributed by atoms with van der Waals surface area (Å²) in [7, 11) is 0. The molecule has 0 fully saturated rings. The molecule has 0 atom stereocenters. The average molecular weight is 369 g/mol. The summed E-state index contributed by atoms with van der Waals surface area (Å²) < 4.78 is 5.27. The first-order chi connectivity index (χ1) is 12.5. The number of carbonyl (C=O) groups is 2. The predicted molar refractivity (Wildman–Crippen MR) is 97.2 cm³/mol. The molecule has 0 aliphatic heterocycles. The zero-order valence-electron chi connectivity index (χ0n) is 13.7. The Hall–Kier alpha value is -3.25. The summed E-state index contributed by atoms with van der Waals surface area (Å²) in [4.78, 5) is 41.9. The van der Waals surface area contributed by atoms with Crippen molar-refractivity contribution in [1.29, 1.82) is 0 Å². The number of hydrogen-bond donors (Lipinski definition) is 0. The van der Waals surface area contributed by atoms with Crippen molar-refractivity contribution in [2.24, 2.45) is 0 Å². The van der Waals surface area contributed by atoms with E-state index in [9.17, 15) is 14.4 Å². The van der Waals surface area contributed by atoms with Crippen molar-refractivity contribution in [1.82, 2.24) is 4.98 Å². The monoisotopic (exact) mass is 368 g/mol. The zero-order valence-corrected chi connectivity index (χ0v) is 14.4. The van der Waals surface area contributed by atoms with E-state index < -0.39 is 17.4 Å². The van der Waals surface area contributed by atoms with Gasteiger partial charge in [-0.15, -0.1) is 0 Å². The maximum atomic E-state index is 12.7. The Kier molecular flexibility index (Phi) is 4.95. The highest BCUT2D eigenvalue weighted by Gasteiger charge is 2.25. The Morgan fingerprint density at radius 1 is 1.12 bits per heavy atom. The summed E-state index contributed by atoms with van der Waals surface area (Å²) in [5.74, 6) is -0.997. The minimum atomic E-state index is -0.808. The molecule has 130 valence electrons. The summed E-state index contributed by atoms with van der Waals surface area (Å²) in [5.41, 5.74) is -0.192. The molecule has 2 aromatic heterocycles. The largest absolute Gasteiger partial charge is 0.421 e. The fourth-order valence-electron chi connectivity index (χ4n) is 2.41. The molecular formula is C19H13ClN2O4. The minimum absolute atomic E-state index is 0.171. The van der Waals surface area contributed by atoms with Gasteiger partial charge in [-0.3, -0.25) is 14.6 Å². The Morgan fingerprint density at radius 2 is 1.92 bits per heavy atom. The topological polar surface area (TPSA) is 80.5 Å². The van der Waals surface area contributed by atoms with Crippen molar-refractivity contribution in [2.45, 2.75) is 6.92 Å². The number of pyridine rings is 1. The van der Waals surface area contributed by atoms with Gasteiger partial charge in [-0.05, 0) is 42.5 Å². The molecule has 2 heterocycles. The van der Waals surface area contributed by atoms with E-state index >= 15 is 0 Å². The maximum absolute atomic E-state index is 12.7. The van der Waals surface area contributed by atoms with Gasteiger partial charge in [0, 0.05) is 35.5 Å². The molecule has 0 aliphatic carbocycles. The molecule has 0 N–H and O–H groups in total. The second-order valence-electron chi connectivity index (χ2n) is 5.38. The van der Waals surface area contributed by atoms with Gasteiger partial charge in [-0.25, -0.2) is 9.69 Å². The lowest BCUT2D eigenvalue weighted by Crippen LogP contribution is -2.38. The fourth-order valence-corrected chi connectivity index (χ4v) is 2.60. The summed E-state index contributed by atoms with van der Waals surface area (Å²) in [6.07, 6.45) is 3.13. The van der Waals surface area contributed by atoms with E-state index in [4.69, 9.17) is 16.0 Å². The SMILES string of the molecule is CC(=O)N(C(=O)c1cccc(Cl)c1)c1ccc(-c2cccnc2)oc1=O. The van der Waals surface area contributed by atoms with E-state index in [0.717, 1.165) is 4.90 Å². The van der Waals surface area contributed by atoms with Crippen LogP contribution >= 0.6 is 11.6 Å². The second-order valence-corrected chi connectivity index (χ2v) is 5.82. The molecule has 0 saturated heterocycles. The van der Waals surface area contributed by atoms with E-state index in [1.165, 1.54) is 37.4 Å². The lowest BCUT2D eigenvalue weighted by molar-refractivity contribution is -0.116. The van der Waals surface area contributed by atoms with E-state index in [1.54, 1.807) is 30.5 Å². The van der Waals surface area contributed by atoms with Crippen LogP contribution in [0.25, 0.3) is 11.3 Å². The normalized spacial score (nSPS) is 10.4. The molecule has 0 aliphatic rings. The van der Waals surface area contributed by atoms with Gasteiger partial charge in [0.2, 0.25) is 5.91 Å². The van der Waals surface area contributed by atoms with Crippen LogP contribution in [-0.2, 0) is 4.79 Å². The summed E-state index contributed by atoms with van der Waals surface area (Å²) >= 11 is 5.90. The van der Waals surface area contributed by atoms with Crippen LogP contribution in [0.3, 0.4) is 0 Å². The number of benzene rings is 1. The lowest BCUT2D eigenvalue weighted by atomic mass is 10.1. The van der Waals surface area contributed by atoms with Crippen LogP contribution in [0.2, 0.25) is 5.02 Å². The third-order valence-corrected chi connectivity index (χ3v) is 3.82. The highest BCUT2D eigenvalue weighted by atomic mass is 35.5. The van der Waals surface area contributed by atoms with Gasteiger partial charge in [0.1, 0.15) is 11.4 Å². The Balaban J connectivity index is 2.03. The van der Waals surface area contributed by atoms with Crippen LogP contribution in [0.1, 0.15) is 17.3 Å². The predicted octanol–water partition coefficient (Wildman–Crippen LogP) is 3.55. The molecule has 2 amide bonds. The van der Waals surface area contributed by atoms with E-state index in [2.05, 4.69) is 4.98 Å². The van der Waals surface area contributed by atoms with Crippen LogP contribution in [-0.4, -0.2) is 16.8 Å². The molecule has 6 nitrogen and oxygen atoms in total. The van der Waals surface area contributed by atoms with Gasteiger partial charge in [0.05, 0.1) is 0 Å². The number of halogens is 1. The smallest absolute Gasteiger partial charge is 0.360 e. The molecule has 0 saturated carbocycles. The highest BCUT2D eigenvalue weighted by Crippen LogP contribution is 2.21. The molecule has 26 heavy (non-hydrogen) atoms. The molecular weight excluding hydrogens is 356 g/mol. The molecule has 1 aromatic carbocycles. The number of aromatic nitrogens is 1. The summed E-state index contributed by atoms with van der Waals surface area (Å²) in [6.45, 7) is 1.19. The number of hydrogen-bond acceptors (Lipinski definition) is 5. The highest BCUT2D eigenvalue weighted by molar-refractivity contribution is 6.31. The Morgan fingerprint density at radius 3 is 2.54 bits per heavy atom. The minimum Gasteiger partial charge on any atom is -0.421 e. The standard InChI is InChI=1S/C19H13ClN2O4/c1-12(23)22(18(24)13-4-2-6-15(20)10-13)16-7-8-17(26-19(16)25)14-5-3-9-21-11-14/h2-11H,1H3. The molecule has 3 aromatic rings. The van der Waals surface area contributed by atoms with Crippen LogP contribution in [0.5, 0.6) is 0 Å². The fraction of sp³-hybridized carbons (Fsp3) is 0.0526. The van der Waals surface area contributed by atoms with Crippen molar-refractivity contribution >= 4 is 29.1 Å².